The summed E-state index contributed by atoms with van der Waals surface area (Å²) in [6.45, 7) is 1.36. The number of aromatic nitrogens is 2. The smallest absolute Gasteiger partial charge is 0.288 e. The number of nitrogens with zero attached hydrogens (tertiary/aromatic N) is 4. The number of rotatable bonds is 0. The number of aliphatic imine (C=N–C) groups is 1. The van der Waals surface area contributed by atoms with Crippen LogP contribution in [0.1, 0.15) is 12.5 Å². The van der Waals surface area contributed by atoms with E-state index >= 15 is 0 Å². The lowest BCUT2D eigenvalue weighted by atomic mass is 10.00. The molecule has 0 saturated carbocycles. The second-order valence-corrected chi connectivity index (χ2v) is 6.23. The van der Waals surface area contributed by atoms with Crippen LogP contribution in [0.15, 0.2) is 53.5 Å². The Labute approximate surface area is 147 Å². The first-order valence-corrected chi connectivity index (χ1v) is 8.09. The van der Waals surface area contributed by atoms with Crippen LogP contribution >= 0.6 is 0 Å². The summed E-state index contributed by atoms with van der Waals surface area (Å²) in [7, 11) is 0. The van der Waals surface area contributed by atoms with Gasteiger partial charge in [-0.15, -0.1) is 0 Å². The number of guanidine groups is 1. The van der Waals surface area contributed by atoms with Crippen LogP contribution in [0.5, 0.6) is 0 Å². The van der Waals surface area contributed by atoms with Crippen LogP contribution in [0.4, 0.5) is 11.6 Å². The van der Waals surface area contributed by atoms with Crippen molar-refractivity contribution in [2.75, 3.05) is 10.2 Å². The molecule has 3 heterocycles. The van der Waals surface area contributed by atoms with E-state index in [4.69, 9.17) is 5.73 Å². The fraction of sp³-hybridized carbons (Fsp3) is 0.111. The van der Waals surface area contributed by atoms with Crippen molar-refractivity contribution < 1.29 is 9.59 Å². The van der Waals surface area contributed by atoms with E-state index in [-0.39, 0.29) is 11.9 Å². The van der Waals surface area contributed by atoms with Gasteiger partial charge in [0.1, 0.15) is 0 Å². The zero-order chi connectivity index (χ0) is 18.1. The maximum Gasteiger partial charge on any atom is 0.288 e. The number of hydrogen-bond donors (Lipinski definition) is 2. The predicted octanol–water partition coefficient (Wildman–Crippen LogP) is 1.37. The predicted molar refractivity (Wildman–Crippen MR) is 96.7 cm³/mol. The van der Waals surface area contributed by atoms with E-state index in [2.05, 4.69) is 15.3 Å². The Balaban J connectivity index is 1.94. The molecular weight excluding hydrogens is 332 g/mol. The first kappa shape index (κ1) is 14.6. The zero-order valence-electron chi connectivity index (χ0n) is 13.8. The number of para-hydroxylation sites is 3. The van der Waals surface area contributed by atoms with Crippen molar-refractivity contribution in [2.24, 2.45) is 10.7 Å². The molecule has 128 valence electrons. The number of carbonyl (C=O) groups is 2. The lowest BCUT2D eigenvalue weighted by Crippen LogP contribution is -2.50. The summed E-state index contributed by atoms with van der Waals surface area (Å²) in [4.78, 5) is 35.9. The maximum absolute atomic E-state index is 13.5. The summed E-state index contributed by atoms with van der Waals surface area (Å²) in [5.74, 6) is -0.369. The monoisotopic (exact) mass is 346 g/mol. The highest BCUT2D eigenvalue weighted by molar-refractivity contribution is 6.23. The van der Waals surface area contributed by atoms with Crippen LogP contribution in [0, 0.1) is 0 Å². The van der Waals surface area contributed by atoms with Gasteiger partial charge in [-0.25, -0.2) is 14.9 Å². The summed E-state index contributed by atoms with van der Waals surface area (Å²) in [5, 5.41) is 2.92. The quantitative estimate of drug-likeness (QED) is 0.639. The van der Waals surface area contributed by atoms with Crippen LogP contribution in [0.3, 0.4) is 0 Å². The van der Waals surface area contributed by atoms with Gasteiger partial charge in [0.05, 0.1) is 16.7 Å². The highest BCUT2D eigenvalue weighted by Crippen LogP contribution is 2.47. The van der Waals surface area contributed by atoms with Gasteiger partial charge in [0, 0.05) is 12.5 Å². The van der Waals surface area contributed by atoms with Crippen LogP contribution < -0.4 is 16.0 Å². The van der Waals surface area contributed by atoms with Gasteiger partial charge in [0.25, 0.3) is 11.6 Å². The number of hydrogen-bond acceptors (Lipinski definition) is 6. The third-order valence-corrected chi connectivity index (χ3v) is 4.74. The minimum absolute atomic E-state index is 0.0707. The number of amides is 2. The fourth-order valence-corrected chi connectivity index (χ4v) is 3.78. The lowest BCUT2D eigenvalue weighted by Gasteiger charge is -2.31. The molecule has 0 bridgehead atoms. The summed E-state index contributed by atoms with van der Waals surface area (Å²) in [5.41, 5.74) is 7.02. The molecule has 2 amide bonds. The molecule has 0 unspecified atom stereocenters. The molecule has 1 spiro atoms. The van der Waals surface area contributed by atoms with Crippen LogP contribution in [0.25, 0.3) is 11.0 Å². The van der Waals surface area contributed by atoms with Gasteiger partial charge in [-0.05, 0) is 18.2 Å². The Kier molecular flexibility index (Phi) is 2.64. The van der Waals surface area contributed by atoms with Crippen molar-refractivity contribution in [2.45, 2.75) is 12.6 Å². The van der Waals surface area contributed by atoms with Crippen LogP contribution in [-0.2, 0) is 15.3 Å². The number of anilines is 2. The number of imide groups is 1. The van der Waals surface area contributed by atoms with Gasteiger partial charge in [0.15, 0.2) is 5.96 Å². The molecule has 3 N–H and O–H groups in total. The van der Waals surface area contributed by atoms with Gasteiger partial charge in [0.2, 0.25) is 11.9 Å². The minimum Gasteiger partial charge on any atom is -0.370 e. The number of carbonyl (C=O) groups excluding carboxylic acids is 2. The molecular formula is C18H14N6O2. The molecule has 1 atom stereocenters. The standard InChI is InChI=1S/C18H14N6O2/c1-10(25)23-13-8-4-2-6-11(13)18(15(23)26)22-16(19)21-17-20-12-7-3-5-9-14(12)24(17)18/h2-9H,1H3,(H3,19,20,21,22)/t18-/m0/s1. The second kappa shape index (κ2) is 4.69. The summed E-state index contributed by atoms with van der Waals surface area (Å²) in [6, 6.07) is 14.5. The Hall–Kier alpha value is -3.68. The molecule has 26 heavy (non-hydrogen) atoms. The maximum atomic E-state index is 13.5. The fourth-order valence-electron chi connectivity index (χ4n) is 3.78. The van der Waals surface area contributed by atoms with E-state index < -0.39 is 11.6 Å². The van der Waals surface area contributed by atoms with Crippen molar-refractivity contribution in [3.8, 4) is 0 Å². The molecule has 0 saturated heterocycles. The van der Waals surface area contributed by atoms with Crippen molar-refractivity contribution >= 4 is 40.4 Å². The number of nitrogens with one attached hydrogen (secondary N) is 1. The van der Waals surface area contributed by atoms with E-state index in [0.29, 0.717) is 22.7 Å². The molecule has 0 aliphatic carbocycles. The van der Waals surface area contributed by atoms with Crippen LogP contribution in [0.2, 0.25) is 0 Å². The van der Waals surface area contributed by atoms with Gasteiger partial charge >= 0.3 is 0 Å². The first-order valence-electron chi connectivity index (χ1n) is 8.09. The highest BCUT2D eigenvalue weighted by Gasteiger charge is 2.57. The van der Waals surface area contributed by atoms with Gasteiger partial charge in [-0.2, -0.15) is 0 Å². The van der Waals surface area contributed by atoms with Crippen LogP contribution in [-0.4, -0.2) is 27.3 Å². The van der Waals surface area contributed by atoms with E-state index in [0.717, 1.165) is 10.4 Å². The summed E-state index contributed by atoms with van der Waals surface area (Å²) < 4.78 is 1.71. The number of fused-ring (bicyclic) bond motifs is 6. The average Bonchev–Trinajstić information content (AvgIpc) is 3.09. The minimum atomic E-state index is -1.50. The second-order valence-electron chi connectivity index (χ2n) is 6.23. The largest absolute Gasteiger partial charge is 0.370 e. The molecule has 2 aliphatic rings. The molecule has 8 nitrogen and oxygen atoms in total. The SMILES string of the molecule is CC(=O)N1C(=O)[C@]2(N=C(N)Nc3nc4ccccc4n32)c2ccccc21. The molecule has 0 fully saturated rings. The Morgan fingerprint density at radius 3 is 2.69 bits per heavy atom. The molecule has 8 heteroatoms. The van der Waals surface area contributed by atoms with Crippen molar-refractivity contribution in [1.29, 1.82) is 0 Å². The molecule has 2 aromatic carbocycles. The Bertz CT molecular complexity index is 1150. The zero-order valence-corrected chi connectivity index (χ0v) is 13.8. The Morgan fingerprint density at radius 2 is 1.88 bits per heavy atom. The normalized spacial score (nSPS) is 20.7. The summed E-state index contributed by atoms with van der Waals surface area (Å²) in [6.07, 6.45) is 0. The van der Waals surface area contributed by atoms with Crippen molar-refractivity contribution in [3.63, 3.8) is 0 Å². The van der Waals surface area contributed by atoms with Gasteiger partial charge in [-0.3, -0.25) is 19.5 Å². The third kappa shape index (κ3) is 1.58. The molecule has 2 aliphatic heterocycles. The average molecular weight is 346 g/mol. The topological polar surface area (TPSA) is 106 Å². The first-order chi connectivity index (χ1) is 12.5. The van der Waals surface area contributed by atoms with Gasteiger partial charge in [-0.1, -0.05) is 30.3 Å². The number of nitrogens with two attached hydrogens (primary N) is 1. The Morgan fingerprint density at radius 1 is 1.15 bits per heavy atom. The molecule has 3 aromatic rings. The van der Waals surface area contributed by atoms with Crippen molar-refractivity contribution in [1.82, 2.24) is 9.55 Å². The molecule has 0 radical (unpaired) electrons. The molecule has 1 aromatic heterocycles. The van der Waals surface area contributed by atoms with E-state index in [1.165, 1.54) is 6.92 Å². The molecule has 5 rings (SSSR count). The number of benzene rings is 2. The van der Waals surface area contributed by atoms with E-state index in [1.807, 2.05) is 30.3 Å². The third-order valence-electron chi connectivity index (χ3n) is 4.74. The van der Waals surface area contributed by atoms with E-state index in [9.17, 15) is 9.59 Å². The van der Waals surface area contributed by atoms with Gasteiger partial charge < -0.3 is 5.73 Å². The van der Waals surface area contributed by atoms with E-state index in [1.54, 1.807) is 22.8 Å². The lowest BCUT2D eigenvalue weighted by molar-refractivity contribution is -0.128. The number of imidazole rings is 1. The van der Waals surface area contributed by atoms with Crippen molar-refractivity contribution in [3.05, 3.63) is 54.1 Å². The summed E-state index contributed by atoms with van der Waals surface area (Å²) >= 11 is 0. The highest BCUT2D eigenvalue weighted by atomic mass is 16.2.